The van der Waals surface area contributed by atoms with Gasteiger partial charge in [-0.2, -0.15) is 0 Å². The van der Waals surface area contributed by atoms with Crippen molar-refractivity contribution in [3.63, 3.8) is 0 Å². The molecule has 1 aliphatic heterocycles. The molecule has 1 saturated heterocycles. The van der Waals surface area contributed by atoms with Crippen LogP contribution in [0.25, 0.3) is 11.4 Å². The highest BCUT2D eigenvalue weighted by atomic mass is 16.5. The van der Waals surface area contributed by atoms with Crippen LogP contribution in [0.3, 0.4) is 0 Å². The zero-order valence-electron chi connectivity index (χ0n) is 15.8. The molecule has 0 saturated carbocycles. The van der Waals surface area contributed by atoms with Gasteiger partial charge >= 0.3 is 0 Å². The number of carbonyl (C=O) groups excluding carboxylic acids is 1. The molecular formula is C20H19N5O4. The molecule has 0 aliphatic carbocycles. The minimum atomic E-state index is -0.150. The van der Waals surface area contributed by atoms with Gasteiger partial charge < -0.3 is 19.1 Å². The second kappa shape index (κ2) is 8.61. The first kappa shape index (κ1) is 18.8. The fraction of sp³-hybridized carbons (Fsp3) is 0.250. The normalized spacial score (nSPS) is 13.3. The van der Waals surface area contributed by atoms with Gasteiger partial charge in [-0.25, -0.2) is 15.0 Å². The lowest BCUT2D eigenvalue weighted by Crippen LogP contribution is -2.28. The van der Waals surface area contributed by atoms with Gasteiger partial charge in [-0.05, 0) is 25.1 Å². The molecule has 1 aliphatic rings. The SMILES string of the molecule is CCOc1cccnc1Oc1cncc(-c2ncc(C(=O)N3CCOC3)cn2)c1. The van der Waals surface area contributed by atoms with Gasteiger partial charge in [0, 0.05) is 36.9 Å². The molecule has 1 amide bonds. The molecule has 9 nitrogen and oxygen atoms in total. The molecule has 0 atom stereocenters. The molecule has 3 aromatic heterocycles. The molecule has 29 heavy (non-hydrogen) atoms. The summed E-state index contributed by atoms with van der Waals surface area (Å²) in [4.78, 5) is 31.0. The first-order chi connectivity index (χ1) is 14.2. The van der Waals surface area contributed by atoms with E-state index >= 15 is 0 Å². The molecule has 9 heteroatoms. The van der Waals surface area contributed by atoms with Crippen LogP contribution in [0.1, 0.15) is 17.3 Å². The van der Waals surface area contributed by atoms with Crippen LogP contribution in [-0.4, -0.2) is 57.2 Å². The van der Waals surface area contributed by atoms with Crippen LogP contribution in [0.4, 0.5) is 0 Å². The Kier molecular flexibility index (Phi) is 5.57. The Bertz CT molecular complexity index is 990. The summed E-state index contributed by atoms with van der Waals surface area (Å²) in [6, 6.07) is 5.31. The number of hydrogen-bond donors (Lipinski definition) is 0. The molecular weight excluding hydrogens is 374 g/mol. The number of carbonyl (C=O) groups is 1. The second-order valence-electron chi connectivity index (χ2n) is 6.15. The quantitative estimate of drug-likeness (QED) is 0.630. The second-order valence-corrected chi connectivity index (χ2v) is 6.15. The Morgan fingerprint density at radius 3 is 2.83 bits per heavy atom. The van der Waals surface area contributed by atoms with Crippen molar-refractivity contribution in [2.24, 2.45) is 0 Å². The molecule has 0 unspecified atom stereocenters. The number of rotatable bonds is 6. The van der Waals surface area contributed by atoms with Crippen molar-refractivity contribution < 1.29 is 19.0 Å². The van der Waals surface area contributed by atoms with E-state index in [-0.39, 0.29) is 5.91 Å². The zero-order chi connectivity index (χ0) is 20.1. The van der Waals surface area contributed by atoms with E-state index in [1.165, 1.54) is 12.4 Å². The summed E-state index contributed by atoms with van der Waals surface area (Å²) in [5.41, 5.74) is 1.06. The minimum absolute atomic E-state index is 0.150. The summed E-state index contributed by atoms with van der Waals surface area (Å²) >= 11 is 0. The predicted molar refractivity (Wildman–Crippen MR) is 103 cm³/mol. The van der Waals surface area contributed by atoms with Gasteiger partial charge in [0.1, 0.15) is 12.5 Å². The number of aromatic nitrogens is 4. The average molecular weight is 393 g/mol. The summed E-state index contributed by atoms with van der Waals surface area (Å²) in [6.07, 6.45) is 7.82. The molecule has 4 heterocycles. The van der Waals surface area contributed by atoms with E-state index in [1.54, 1.807) is 41.7 Å². The number of nitrogens with zero attached hydrogens (tertiary/aromatic N) is 5. The van der Waals surface area contributed by atoms with Gasteiger partial charge in [0.05, 0.1) is 25.0 Å². The first-order valence-corrected chi connectivity index (χ1v) is 9.14. The van der Waals surface area contributed by atoms with Crippen LogP contribution < -0.4 is 9.47 Å². The molecule has 4 rings (SSSR count). The maximum atomic E-state index is 12.4. The predicted octanol–water partition coefficient (Wildman–Crippen LogP) is 2.55. The van der Waals surface area contributed by atoms with Crippen molar-refractivity contribution in [2.75, 3.05) is 26.5 Å². The van der Waals surface area contributed by atoms with Crippen LogP contribution in [0.15, 0.2) is 49.2 Å². The lowest BCUT2D eigenvalue weighted by molar-refractivity contribution is 0.0694. The Hall–Kier alpha value is -3.59. The van der Waals surface area contributed by atoms with Gasteiger partial charge in [0.15, 0.2) is 11.6 Å². The van der Waals surface area contributed by atoms with Crippen LogP contribution >= 0.6 is 0 Å². The third-order valence-corrected chi connectivity index (χ3v) is 4.16. The summed E-state index contributed by atoms with van der Waals surface area (Å²) in [7, 11) is 0. The van der Waals surface area contributed by atoms with Gasteiger partial charge in [-0.1, -0.05) is 0 Å². The topological polar surface area (TPSA) is 99.6 Å². The van der Waals surface area contributed by atoms with Crippen LogP contribution in [-0.2, 0) is 4.74 Å². The Morgan fingerprint density at radius 1 is 1.21 bits per heavy atom. The fourth-order valence-corrected chi connectivity index (χ4v) is 2.77. The van der Waals surface area contributed by atoms with Crippen LogP contribution in [0.2, 0.25) is 0 Å². The fourth-order valence-electron chi connectivity index (χ4n) is 2.77. The Balaban J connectivity index is 1.52. The van der Waals surface area contributed by atoms with E-state index in [2.05, 4.69) is 19.9 Å². The van der Waals surface area contributed by atoms with E-state index < -0.39 is 0 Å². The molecule has 0 radical (unpaired) electrons. The van der Waals surface area contributed by atoms with E-state index in [1.807, 2.05) is 6.92 Å². The van der Waals surface area contributed by atoms with Crippen LogP contribution in [0, 0.1) is 0 Å². The van der Waals surface area contributed by atoms with Gasteiger partial charge in [0.25, 0.3) is 11.8 Å². The van der Waals surface area contributed by atoms with E-state index in [9.17, 15) is 4.79 Å². The highest BCUT2D eigenvalue weighted by molar-refractivity contribution is 5.93. The standard InChI is InChI=1S/C20H19N5O4/c1-2-28-17-4-3-5-22-19(17)29-16-8-14(9-21-12-16)18-23-10-15(11-24-18)20(26)25-6-7-27-13-25/h3-5,8-12H,2,6-7,13H2,1H3. The highest BCUT2D eigenvalue weighted by Crippen LogP contribution is 2.30. The third-order valence-electron chi connectivity index (χ3n) is 4.16. The number of hydrogen-bond acceptors (Lipinski definition) is 8. The third kappa shape index (κ3) is 4.30. The summed E-state index contributed by atoms with van der Waals surface area (Å²) in [6.45, 7) is 3.80. The van der Waals surface area contributed by atoms with Crippen molar-refractivity contribution in [1.29, 1.82) is 0 Å². The molecule has 148 valence electrons. The van der Waals surface area contributed by atoms with Crippen LogP contribution in [0.5, 0.6) is 17.4 Å². The minimum Gasteiger partial charge on any atom is -0.488 e. The largest absolute Gasteiger partial charge is 0.488 e. The van der Waals surface area contributed by atoms with Crippen molar-refractivity contribution >= 4 is 5.91 Å². The van der Waals surface area contributed by atoms with Gasteiger partial charge in [-0.15, -0.1) is 0 Å². The molecule has 0 N–H and O–H groups in total. The lowest BCUT2D eigenvalue weighted by Gasteiger charge is -2.13. The number of ether oxygens (including phenoxy) is 3. The van der Waals surface area contributed by atoms with E-state index in [4.69, 9.17) is 14.2 Å². The Labute approximate surface area is 167 Å². The monoisotopic (exact) mass is 393 g/mol. The van der Waals surface area contributed by atoms with Crippen molar-refractivity contribution in [3.05, 3.63) is 54.7 Å². The van der Waals surface area contributed by atoms with Crippen molar-refractivity contribution in [3.8, 4) is 28.8 Å². The molecule has 0 aromatic carbocycles. The Morgan fingerprint density at radius 2 is 2.07 bits per heavy atom. The molecule has 3 aromatic rings. The number of pyridine rings is 2. The molecule has 0 spiro atoms. The van der Waals surface area contributed by atoms with Gasteiger partial charge in [0.2, 0.25) is 0 Å². The van der Waals surface area contributed by atoms with Crippen molar-refractivity contribution in [2.45, 2.75) is 6.92 Å². The van der Waals surface area contributed by atoms with Gasteiger partial charge in [-0.3, -0.25) is 9.78 Å². The maximum absolute atomic E-state index is 12.4. The number of amides is 1. The maximum Gasteiger partial charge on any atom is 0.262 e. The highest BCUT2D eigenvalue weighted by Gasteiger charge is 2.20. The average Bonchev–Trinajstić information content (AvgIpc) is 3.30. The summed E-state index contributed by atoms with van der Waals surface area (Å²) in [5.74, 6) is 1.65. The summed E-state index contributed by atoms with van der Waals surface area (Å²) in [5, 5.41) is 0. The first-order valence-electron chi connectivity index (χ1n) is 9.14. The lowest BCUT2D eigenvalue weighted by atomic mass is 10.2. The molecule has 1 fully saturated rings. The molecule has 0 bridgehead atoms. The summed E-state index contributed by atoms with van der Waals surface area (Å²) < 4.78 is 16.6. The smallest absolute Gasteiger partial charge is 0.262 e. The van der Waals surface area contributed by atoms with E-state index in [0.29, 0.717) is 60.8 Å². The van der Waals surface area contributed by atoms with Crippen molar-refractivity contribution in [1.82, 2.24) is 24.8 Å². The zero-order valence-corrected chi connectivity index (χ0v) is 15.8. The van der Waals surface area contributed by atoms with E-state index in [0.717, 1.165) is 0 Å².